The Hall–Kier alpha value is -1.57. The molecule has 0 amide bonds. The molecule has 1 heterocycles. The van der Waals surface area contributed by atoms with Crippen molar-refractivity contribution in [2.45, 2.75) is 20.8 Å². The summed E-state index contributed by atoms with van der Waals surface area (Å²) in [4.78, 5) is 0. The van der Waals surface area contributed by atoms with Crippen LogP contribution in [0.1, 0.15) is 20.8 Å². The molecule has 15 heavy (non-hydrogen) atoms. The second kappa shape index (κ2) is 4.78. The first-order chi connectivity index (χ1) is 7.11. The molecule has 2 nitrogen and oxygen atoms in total. The number of nitrogens with one attached hydrogen (secondary N) is 1. The molecular weight excluding hydrogens is 184 g/mol. The van der Waals surface area contributed by atoms with E-state index in [4.69, 9.17) is 0 Å². The fourth-order valence-corrected chi connectivity index (χ4v) is 1.53. The molecule has 0 bridgehead atoms. The van der Waals surface area contributed by atoms with E-state index in [1.165, 1.54) is 16.7 Å². The molecule has 0 aromatic rings. The van der Waals surface area contributed by atoms with Gasteiger partial charge in [0, 0.05) is 11.6 Å². The molecule has 2 heteroatoms. The minimum atomic E-state index is 0.128. The first kappa shape index (κ1) is 11.5. The van der Waals surface area contributed by atoms with Crippen LogP contribution in [0.2, 0.25) is 0 Å². The molecule has 0 aromatic carbocycles. The summed E-state index contributed by atoms with van der Waals surface area (Å²) in [6, 6.07) is 0. The maximum absolute atomic E-state index is 4.16. The highest BCUT2D eigenvalue weighted by Gasteiger charge is 2.13. The minimum Gasteiger partial charge on any atom is -0.281 e. The molecule has 0 saturated carbocycles. The number of hydrazone groups is 1. The van der Waals surface area contributed by atoms with E-state index < -0.39 is 0 Å². The molecule has 0 saturated heterocycles. The zero-order valence-corrected chi connectivity index (χ0v) is 9.67. The van der Waals surface area contributed by atoms with E-state index in [2.05, 4.69) is 44.5 Å². The van der Waals surface area contributed by atoms with Gasteiger partial charge >= 0.3 is 0 Å². The van der Waals surface area contributed by atoms with Crippen molar-refractivity contribution in [1.29, 1.82) is 0 Å². The lowest BCUT2D eigenvalue weighted by molar-refractivity contribution is 0.769. The molecule has 1 aliphatic heterocycles. The summed E-state index contributed by atoms with van der Waals surface area (Å²) in [6.45, 7) is 13.9. The van der Waals surface area contributed by atoms with Crippen LogP contribution < -0.4 is 5.43 Å². The van der Waals surface area contributed by atoms with Crippen molar-refractivity contribution in [1.82, 2.24) is 5.43 Å². The summed E-state index contributed by atoms with van der Waals surface area (Å²) < 4.78 is 0. The Morgan fingerprint density at radius 3 is 2.33 bits per heavy atom. The van der Waals surface area contributed by atoms with Gasteiger partial charge in [0.05, 0.1) is 6.21 Å². The van der Waals surface area contributed by atoms with Gasteiger partial charge in [-0.1, -0.05) is 12.2 Å². The van der Waals surface area contributed by atoms with Gasteiger partial charge < -0.3 is 0 Å². The zero-order valence-electron chi connectivity index (χ0n) is 9.67. The van der Waals surface area contributed by atoms with E-state index in [1.54, 1.807) is 0 Å². The van der Waals surface area contributed by atoms with Gasteiger partial charge in [-0.15, -0.1) is 13.2 Å². The maximum atomic E-state index is 4.16. The Kier molecular flexibility index (Phi) is 3.67. The highest BCUT2D eigenvalue weighted by atomic mass is 15.3. The van der Waals surface area contributed by atoms with Gasteiger partial charge in [-0.3, -0.25) is 5.43 Å². The third-order valence-corrected chi connectivity index (χ3v) is 2.84. The van der Waals surface area contributed by atoms with Crippen LogP contribution in [0.4, 0.5) is 0 Å². The average molecular weight is 202 g/mol. The largest absolute Gasteiger partial charge is 0.281 e. The third kappa shape index (κ3) is 2.27. The van der Waals surface area contributed by atoms with Crippen molar-refractivity contribution in [3.8, 4) is 0 Å². The summed E-state index contributed by atoms with van der Waals surface area (Å²) in [5.74, 6) is 0.128. The van der Waals surface area contributed by atoms with Crippen molar-refractivity contribution < 1.29 is 0 Å². The topological polar surface area (TPSA) is 24.4 Å². The highest BCUT2D eigenvalue weighted by Crippen LogP contribution is 2.23. The van der Waals surface area contributed by atoms with Crippen molar-refractivity contribution >= 4 is 6.21 Å². The molecule has 0 unspecified atom stereocenters. The SMILES string of the molecule is C=CC(C=C)C1=C(C)C(C)=C(C)C=NN1. The highest BCUT2D eigenvalue weighted by molar-refractivity contribution is 5.80. The molecule has 1 rings (SSSR count). The quantitative estimate of drug-likeness (QED) is 0.698. The Balaban J connectivity index is 3.23. The Morgan fingerprint density at radius 1 is 1.20 bits per heavy atom. The van der Waals surface area contributed by atoms with Crippen LogP contribution in [0.3, 0.4) is 0 Å². The molecule has 1 aliphatic rings. The molecule has 1 N–H and O–H groups in total. The van der Waals surface area contributed by atoms with Gasteiger partial charge in [0.25, 0.3) is 0 Å². The second-order valence-corrected chi connectivity index (χ2v) is 3.71. The lowest BCUT2D eigenvalue weighted by Gasteiger charge is -2.15. The number of hydrogen-bond acceptors (Lipinski definition) is 2. The van der Waals surface area contributed by atoms with Crippen molar-refractivity contribution in [2.24, 2.45) is 11.0 Å². The Labute approximate surface area is 91.8 Å². The Morgan fingerprint density at radius 2 is 1.80 bits per heavy atom. The summed E-state index contributed by atoms with van der Waals surface area (Å²) in [5, 5.41) is 4.16. The van der Waals surface area contributed by atoms with E-state index in [1.807, 2.05) is 18.4 Å². The van der Waals surface area contributed by atoms with Crippen LogP contribution in [-0.4, -0.2) is 6.21 Å². The van der Waals surface area contributed by atoms with Crippen LogP contribution in [0.15, 0.2) is 52.8 Å². The smallest absolute Gasteiger partial charge is 0.0504 e. The van der Waals surface area contributed by atoms with Crippen molar-refractivity contribution in [3.05, 3.63) is 47.7 Å². The Bertz CT molecular complexity index is 362. The average Bonchev–Trinajstić information content (AvgIpc) is 2.36. The van der Waals surface area contributed by atoms with Gasteiger partial charge in [0.2, 0.25) is 0 Å². The normalized spacial score (nSPS) is 16.5. The van der Waals surface area contributed by atoms with Crippen molar-refractivity contribution in [3.63, 3.8) is 0 Å². The van der Waals surface area contributed by atoms with E-state index in [-0.39, 0.29) is 5.92 Å². The standard InChI is InChI=1S/C13H18N2/c1-6-12(7-2)13-11(5)10(4)9(3)8-14-15-13/h6-8,12,15H,1-2H2,3-5H3. The van der Waals surface area contributed by atoms with Crippen LogP contribution in [0, 0.1) is 5.92 Å². The number of rotatable bonds is 3. The van der Waals surface area contributed by atoms with Gasteiger partial charge in [0.1, 0.15) is 0 Å². The van der Waals surface area contributed by atoms with Crippen molar-refractivity contribution in [2.75, 3.05) is 0 Å². The van der Waals surface area contributed by atoms with Gasteiger partial charge in [-0.2, -0.15) is 5.10 Å². The lowest BCUT2D eigenvalue weighted by Crippen LogP contribution is -2.14. The van der Waals surface area contributed by atoms with E-state index in [9.17, 15) is 0 Å². The van der Waals surface area contributed by atoms with Gasteiger partial charge in [-0.05, 0) is 37.5 Å². The summed E-state index contributed by atoms with van der Waals surface area (Å²) >= 11 is 0. The molecule has 0 aliphatic carbocycles. The predicted octanol–water partition coefficient (Wildman–Crippen LogP) is 3.17. The molecule has 0 radical (unpaired) electrons. The van der Waals surface area contributed by atoms with Crippen LogP contribution in [0.5, 0.6) is 0 Å². The number of nitrogens with zero attached hydrogens (tertiary/aromatic N) is 1. The second-order valence-electron chi connectivity index (χ2n) is 3.71. The lowest BCUT2D eigenvalue weighted by atomic mass is 9.96. The van der Waals surface area contributed by atoms with E-state index in [0.717, 1.165) is 5.70 Å². The fraction of sp³-hybridized carbons (Fsp3) is 0.308. The molecule has 0 fully saturated rings. The van der Waals surface area contributed by atoms with Crippen LogP contribution >= 0.6 is 0 Å². The van der Waals surface area contributed by atoms with E-state index >= 15 is 0 Å². The third-order valence-electron chi connectivity index (χ3n) is 2.84. The molecule has 0 aromatic heterocycles. The summed E-state index contributed by atoms with van der Waals surface area (Å²) in [5.41, 5.74) is 7.78. The monoisotopic (exact) mass is 202 g/mol. The van der Waals surface area contributed by atoms with E-state index in [0.29, 0.717) is 0 Å². The zero-order chi connectivity index (χ0) is 11.4. The van der Waals surface area contributed by atoms with Gasteiger partial charge in [0.15, 0.2) is 0 Å². The number of allylic oxidation sites excluding steroid dienone is 4. The van der Waals surface area contributed by atoms with Gasteiger partial charge in [-0.25, -0.2) is 0 Å². The predicted molar refractivity (Wildman–Crippen MR) is 66.6 cm³/mol. The molecule has 80 valence electrons. The molecule has 0 spiro atoms. The minimum absolute atomic E-state index is 0.128. The first-order valence-corrected chi connectivity index (χ1v) is 5.04. The van der Waals surface area contributed by atoms with Crippen LogP contribution in [-0.2, 0) is 0 Å². The number of hydrogen-bond donors (Lipinski definition) is 1. The molecular formula is C13H18N2. The fourth-order valence-electron chi connectivity index (χ4n) is 1.53. The first-order valence-electron chi connectivity index (χ1n) is 5.04. The summed E-state index contributed by atoms with van der Waals surface area (Å²) in [7, 11) is 0. The van der Waals surface area contributed by atoms with Crippen LogP contribution in [0.25, 0.3) is 0 Å². The molecule has 0 atom stereocenters. The maximum Gasteiger partial charge on any atom is 0.0504 e. The summed E-state index contributed by atoms with van der Waals surface area (Å²) in [6.07, 6.45) is 5.57.